The summed E-state index contributed by atoms with van der Waals surface area (Å²) in [6.45, 7) is 5.01. The van der Waals surface area contributed by atoms with Gasteiger partial charge in [0.15, 0.2) is 11.5 Å². The number of rotatable bonds is 4. The van der Waals surface area contributed by atoms with Crippen LogP contribution >= 0.6 is 0 Å². The van der Waals surface area contributed by atoms with E-state index in [0.29, 0.717) is 0 Å². The van der Waals surface area contributed by atoms with Crippen molar-refractivity contribution in [2.24, 2.45) is 0 Å². The fraction of sp³-hybridized carbons (Fsp3) is 0.150. The van der Waals surface area contributed by atoms with Gasteiger partial charge in [0.05, 0.1) is 5.69 Å². The lowest BCUT2D eigenvalue weighted by Crippen LogP contribution is -2.03. The Balaban J connectivity index is 1.80. The molecule has 0 spiro atoms. The van der Waals surface area contributed by atoms with E-state index in [-0.39, 0.29) is 0 Å². The minimum Gasteiger partial charge on any atom is -0.385 e. The van der Waals surface area contributed by atoms with Crippen molar-refractivity contribution in [3.63, 3.8) is 0 Å². The van der Waals surface area contributed by atoms with Crippen LogP contribution in [0.15, 0.2) is 54.6 Å². The van der Waals surface area contributed by atoms with Crippen molar-refractivity contribution in [2.45, 2.75) is 13.8 Å². The molecule has 4 aromatic rings. The molecule has 0 fully saturated rings. The zero-order valence-electron chi connectivity index (χ0n) is 14.3. The van der Waals surface area contributed by atoms with Gasteiger partial charge in [-0.25, -0.2) is 0 Å². The predicted molar refractivity (Wildman–Crippen MR) is 100 cm³/mol. The van der Waals surface area contributed by atoms with Gasteiger partial charge in [-0.05, 0) is 37.6 Å². The van der Waals surface area contributed by atoms with E-state index in [9.17, 15) is 0 Å². The molecule has 4 rings (SSSR count). The van der Waals surface area contributed by atoms with Gasteiger partial charge in [0.2, 0.25) is 0 Å². The van der Waals surface area contributed by atoms with Crippen molar-refractivity contribution < 1.29 is 0 Å². The first-order valence-electron chi connectivity index (χ1n) is 8.39. The first kappa shape index (κ1) is 15.3. The number of aryl methyl sites for hydroxylation is 1. The SMILES string of the molecule is CCNc1ccc(/C=c2\c(C)nn3c(-c4ccccc4)nnc23)cc1. The second-order valence-electron chi connectivity index (χ2n) is 5.92. The predicted octanol–water partition coefficient (Wildman–Crippen LogP) is 3.08. The fourth-order valence-electron chi connectivity index (χ4n) is 2.91. The van der Waals surface area contributed by atoms with Crippen LogP contribution in [0, 0.1) is 6.92 Å². The van der Waals surface area contributed by atoms with Crippen LogP contribution in [-0.4, -0.2) is 26.4 Å². The Morgan fingerprint density at radius 1 is 1.00 bits per heavy atom. The number of nitrogens with zero attached hydrogens (tertiary/aromatic N) is 4. The summed E-state index contributed by atoms with van der Waals surface area (Å²) in [5.74, 6) is 0.765. The molecular weight excluding hydrogens is 310 g/mol. The molecule has 124 valence electrons. The molecule has 0 amide bonds. The summed E-state index contributed by atoms with van der Waals surface area (Å²) >= 11 is 0. The Morgan fingerprint density at radius 3 is 2.48 bits per heavy atom. The lowest BCUT2D eigenvalue weighted by atomic mass is 10.1. The highest BCUT2D eigenvalue weighted by atomic mass is 15.4. The minimum absolute atomic E-state index is 0.765. The maximum absolute atomic E-state index is 4.64. The summed E-state index contributed by atoms with van der Waals surface area (Å²) in [6.07, 6.45) is 2.11. The van der Waals surface area contributed by atoms with Crippen LogP contribution in [0.3, 0.4) is 0 Å². The first-order valence-corrected chi connectivity index (χ1v) is 8.39. The van der Waals surface area contributed by atoms with E-state index < -0.39 is 0 Å². The average molecular weight is 329 g/mol. The first-order chi connectivity index (χ1) is 12.3. The van der Waals surface area contributed by atoms with Crippen molar-refractivity contribution in [3.05, 3.63) is 71.1 Å². The van der Waals surface area contributed by atoms with Crippen molar-refractivity contribution >= 4 is 17.4 Å². The molecule has 25 heavy (non-hydrogen) atoms. The van der Waals surface area contributed by atoms with E-state index in [1.807, 2.05) is 41.8 Å². The molecule has 0 aliphatic rings. The van der Waals surface area contributed by atoms with E-state index in [4.69, 9.17) is 0 Å². The molecule has 5 nitrogen and oxygen atoms in total. The Bertz CT molecular complexity index is 1050. The Morgan fingerprint density at radius 2 is 1.76 bits per heavy atom. The number of hydrogen-bond acceptors (Lipinski definition) is 4. The molecule has 5 heteroatoms. The fourth-order valence-corrected chi connectivity index (χ4v) is 2.91. The molecule has 0 atom stereocenters. The second-order valence-corrected chi connectivity index (χ2v) is 5.92. The summed E-state index contributed by atoms with van der Waals surface area (Å²) in [4.78, 5) is 0. The van der Waals surface area contributed by atoms with Gasteiger partial charge >= 0.3 is 0 Å². The summed E-state index contributed by atoms with van der Waals surface area (Å²) in [7, 11) is 0. The molecule has 0 aliphatic heterocycles. The highest BCUT2D eigenvalue weighted by molar-refractivity contribution is 5.64. The van der Waals surface area contributed by atoms with Crippen LogP contribution in [0.2, 0.25) is 0 Å². The zero-order valence-corrected chi connectivity index (χ0v) is 14.3. The summed E-state index contributed by atoms with van der Waals surface area (Å²) in [6, 6.07) is 18.4. The van der Waals surface area contributed by atoms with Crippen LogP contribution in [0.1, 0.15) is 18.2 Å². The molecular formula is C20H19N5. The maximum Gasteiger partial charge on any atom is 0.187 e. The van der Waals surface area contributed by atoms with Gasteiger partial charge in [0.1, 0.15) is 0 Å². The summed E-state index contributed by atoms with van der Waals surface area (Å²) < 4.78 is 1.82. The summed E-state index contributed by atoms with van der Waals surface area (Å²) in [5, 5.41) is 17.6. The Kier molecular flexibility index (Phi) is 3.90. The van der Waals surface area contributed by atoms with Gasteiger partial charge in [-0.1, -0.05) is 42.5 Å². The molecule has 2 heterocycles. The van der Waals surface area contributed by atoms with Crippen LogP contribution in [0.5, 0.6) is 0 Å². The number of anilines is 1. The third kappa shape index (κ3) is 2.85. The van der Waals surface area contributed by atoms with E-state index in [2.05, 4.69) is 57.9 Å². The van der Waals surface area contributed by atoms with E-state index in [1.165, 1.54) is 0 Å². The van der Waals surface area contributed by atoms with Crippen LogP contribution in [-0.2, 0) is 0 Å². The highest BCUT2D eigenvalue weighted by Crippen LogP contribution is 2.16. The average Bonchev–Trinajstić information content (AvgIpc) is 3.17. The molecule has 1 N–H and O–H groups in total. The maximum atomic E-state index is 4.64. The molecule has 0 aliphatic carbocycles. The quantitative estimate of drug-likeness (QED) is 0.625. The van der Waals surface area contributed by atoms with E-state index >= 15 is 0 Å². The van der Waals surface area contributed by atoms with Gasteiger partial charge in [0.25, 0.3) is 0 Å². The Labute approximate surface area is 146 Å². The number of fused-ring (bicyclic) bond motifs is 1. The smallest absolute Gasteiger partial charge is 0.187 e. The van der Waals surface area contributed by atoms with Crippen molar-refractivity contribution in [3.8, 4) is 11.4 Å². The largest absolute Gasteiger partial charge is 0.385 e. The standard InChI is InChI=1S/C20H19N5/c1-3-21-17-11-9-15(10-12-17)13-18-14(2)24-25-19(22-23-20(18)25)16-7-5-4-6-8-16/h4-13,21H,3H2,1-2H3/b18-13+. The van der Waals surface area contributed by atoms with Gasteiger partial charge in [-0.2, -0.15) is 9.61 Å². The number of aromatic nitrogens is 4. The molecule has 0 bridgehead atoms. The monoisotopic (exact) mass is 329 g/mol. The molecule has 0 saturated carbocycles. The van der Waals surface area contributed by atoms with Crippen LogP contribution < -0.4 is 10.5 Å². The topological polar surface area (TPSA) is 55.1 Å². The molecule has 0 saturated heterocycles. The third-order valence-corrected chi connectivity index (χ3v) is 4.16. The van der Waals surface area contributed by atoms with Gasteiger partial charge in [-0.3, -0.25) is 0 Å². The minimum atomic E-state index is 0.765. The summed E-state index contributed by atoms with van der Waals surface area (Å²) in [5.41, 5.74) is 4.97. The lowest BCUT2D eigenvalue weighted by molar-refractivity contribution is 0.937. The van der Waals surface area contributed by atoms with Gasteiger partial charge in [-0.15, -0.1) is 10.2 Å². The molecule has 0 unspecified atom stereocenters. The number of hydrogen-bond donors (Lipinski definition) is 1. The van der Waals surface area contributed by atoms with Gasteiger partial charge < -0.3 is 5.32 Å². The van der Waals surface area contributed by atoms with Crippen molar-refractivity contribution in [1.29, 1.82) is 0 Å². The second kappa shape index (κ2) is 6.36. The molecule has 2 aromatic carbocycles. The zero-order chi connectivity index (χ0) is 17.2. The van der Waals surface area contributed by atoms with Crippen molar-refractivity contribution in [2.75, 3.05) is 11.9 Å². The van der Waals surface area contributed by atoms with E-state index in [0.717, 1.165) is 45.7 Å². The van der Waals surface area contributed by atoms with E-state index in [1.54, 1.807) is 0 Å². The Hall–Kier alpha value is -3.21. The van der Waals surface area contributed by atoms with Crippen LogP contribution in [0.4, 0.5) is 5.69 Å². The molecule has 2 aromatic heterocycles. The van der Waals surface area contributed by atoms with Crippen LogP contribution in [0.25, 0.3) is 23.1 Å². The van der Waals surface area contributed by atoms with Gasteiger partial charge in [0, 0.05) is 23.0 Å². The normalized spacial score (nSPS) is 12.0. The third-order valence-electron chi connectivity index (χ3n) is 4.16. The number of benzene rings is 2. The lowest BCUT2D eigenvalue weighted by Gasteiger charge is -2.02. The molecule has 0 radical (unpaired) electrons. The highest BCUT2D eigenvalue weighted by Gasteiger charge is 2.13. The number of nitrogens with one attached hydrogen (secondary N) is 1. The van der Waals surface area contributed by atoms with Crippen molar-refractivity contribution in [1.82, 2.24) is 19.8 Å².